The molecule has 0 aromatic heterocycles. The second kappa shape index (κ2) is 10.2. The maximum Gasteiger partial charge on any atom is 0.413 e. The molecule has 3 N–H and O–H groups in total. The van der Waals surface area contributed by atoms with Crippen molar-refractivity contribution in [3.05, 3.63) is 88.9 Å². The molecule has 0 atom stereocenters. The topological polar surface area (TPSA) is 74.2 Å². The van der Waals surface area contributed by atoms with Crippen LogP contribution in [0.2, 0.25) is 5.02 Å². The number of hydrogen-bond donors (Lipinski definition) is 3. The van der Waals surface area contributed by atoms with Gasteiger partial charge < -0.3 is 10.1 Å². The van der Waals surface area contributed by atoms with Gasteiger partial charge in [0.25, 0.3) is 0 Å². The molecule has 0 heterocycles. The smallest absolute Gasteiger partial charge is 0.413 e. The van der Waals surface area contributed by atoms with Gasteiger partial charge in [0.2, 0.25) is 0 Å². The molecule has 30 heavy (non-hydrogen) atoms. The first-order valence-corrected chi connectivity index (χ1v) is 10.4. The highest BCUT2D eigenvalue weighted by Gasteiger charge is 2.14. The van der Waals surface area contributed by atoms with Crippen molar-refractivity contribution in [2.45, 2.75) is 9.79 Å². The lowest BCUT2D eigenvalue weighted by molar-refractivity contribution is 0.177. The summed E-state index contributed by atoms with van der Waals surface area (Å²) >= 11 is 12.8. The van der Waals surface area contributed by atoms with E-state index in [1.165, 1.54) is 7.11 Å². The van der Waals surface area contributed by atoms with Crippen molar-refractivity contribution in [2.75, 3.05) is 12.4 Å². The monoisotopic (exact) mass is 455 g/mol. The third-order valence-corrected chi connectivity index (χ3v) is 5.47. The van der Waals surface area contributed by atoms with E-state index in [1.54, 1.807) is 36.0 Å². The van der Waals surface area contributed by atoms with Crippen LogP contribution in [-0.2, 0) is 4.74 Å². The molecule has 0 bridgehead atoms. The molecule has 0 aliphatic carbocycles. The van der Waals surface area contributed by atoms with Crippen molar-refractivity contribution in [2.24, 2.45) is 0 Å². The van der Waals surface area contributed by atoms with Crippen LogP contribution in [0.3, 0.4) is 0 Å². The fraction of sp³-hybridized carbons (Fsp3) is 0.0455. The maximum atomic E-state index is 11.5. The Labute approximate surface area is 189 Å². The van der Waals surface area contributed by atoms with Gasteiger partial charge in [0.15, 0.2) is 5.11 Å². The van der Waals surface area contributed by atoms with Gasteiger partial charge in [-0.1, -0.05) is 53.7 Å². The Morgan fingerprint density at radius 2 is 1.73 bits per heavy atom. The summed E-state index contributed by atoms with van der Waals surface area (Å²) in [6, 6.07) is 22.7. The van der Waals surface area contributed by atoms with Gasteiger partial charge in [-0.15, -0.1) is 0 Å². The van der Waals surface area contributed by atoms with E-state index in [2.05, 4.69) is 15.4 Å². The van der Waals surface area contributed by atoms with E-state index in [0.717, 1.165) is 9.79 Å². The summed E-state index contributed by atoms with van der Waals surface area (Å²) in [4.78, 5) is 13.5. The molecule has 152 valence electrons. The van der Waals surface area contributed by atoms with Gasteiger partial charge in [0.1, 0.15) is 0 Å². The molecule has 0 unspecified atom stereocenters. The van der Waals surface area contributed by atoms with Crippen LogP contribution in [0, 0.1) is 5.41 Å². The van der Waals surface area contributed by atoms with Gasteiger partial charge in [-0.2, -0.15) is 0 Å². The maximum absolute atomic E-state index is 11.5. The van der Waals surface area contributed by atoms with Crippen molar-refractivity contribution in [1.29, 1.82) is 5.41 Å². The third-order valence-electron chi connectivity index (χ3n) is 4.02. The molecule has 8 heteroatoms. The van der Waals surface area contributed by atoms with E-state index in [4.69, 9.17) is 29.2 Å². The molecule has 3 aromatic carbocycles. The summed E-state index contributed by atoms with van der Waals surface area (Å²) in [5, 5.41) is 14.8. The molecule has 0 saturated heterocycles. The Morgan fingerprint density at radius 3 is 2.40 bits per heavy atom. The van der Waals surface area contributed by atoms with Crippen LogP contribution in [0.25, 0.3) is 0 Å². The van der Waals surface area contributed by atoms with Gasteiger partial charge in [0.05, 0.1) is 18.5 Å². The molecule has 3 aromatic rings. The van der Waals surface area contributed by atoms with Crippen LogP contribution in [0.4, 0.5) is 10.5 Å². The van der Waals surface area contributed by atoms with Crippen LogP contribution in [-0.4, -0.2) is 24.0 Å². The van der Waals surface area contributed by atoms with Crippen LogP contribution in [0.15, 0.2) is 82.6 Å². The first kappa shape index (κ1) is 21.8. The number of amides is 1. The number of rotatable bonds is 5. The molecule has 3 rings (SSSR count). The molecule has 0 saturated carbocycles. The van der Waals surface area contributed by atoms with Gasteiger partial charge in [0, 0.05) is 25.9 Å². The molecule has 0 aliphatic rings. The zero-order valence-corrected chi connectivity index (χ0v) is 18.3. The summed E-state index contributed by atoms with van der Waals surface area (Å²) in [5.41, 5.74) is 2.23. The predicted molar refractivity (Wildman–Crippen MR) is 126 cm³/mol. The quantitative estimate of drug-likeness (QED) is 0.327. The second-order valence-corrected chi connectivity index (χ2v) is 8.07. The SMILES string of the molecule is COC(=O)NC(=S)Nc1cc(Sc2ccccc2)ccc1C(=N)c1ccc(Cl)cc1. The predicted octanol–water partition coefficient (Wildman–Crippen LogP) is 5.96. The Hall–Kier alpha value is -2.87. The fourth-order valence-corrected chi connectivity index (χ4v) is 3.80. The van der Waals surface area contributed by atoms with E-state index in [1.807, 2.05) is 48.5 Å². The summed E-state index contributed by atoms with van der Waals surface area (Å²) in [7, 11) is 1.26. The number of carbonyl (C=O) groups is 1. The number of alkyl carbamates (subject to hydrolysis) is 1. The lowest BCUT2D eigenvalue weighted by atomic mass is 10.0. The minimum atomic E-state index is -0.670. The fourth-order valence-electron chi connectivity index (χ4n) is 2.60. The van der Waals surface area contributed by atoms with Crippen molar-refractivity contribution in [1.82, 2.24) is 5.32 Å². The number of halogens is 1. The van der Waals surface area contributed by atoms with E-state index < -0.39 is 6.09 Å². The number of ether oxygens (including phenoxy) is 1. The number of benzene rings is 3. The summed E-state index contributed by atoms with van der Waals surface area (Å²) in [6.07, 6.45) is -0.670. The number of hydrogen-bond acceptors (Lipinski definition) is 5. The van der Waals surface area contributed by atoms with E-state index in [9.17, 15) is 4.79 Å². The number of methoxy groups -OCH3 is 1. The molecular weight excluding hydrogens is 438 g/mol. The number of carbonyl (C=O) groups excluding carboxylic acids is 1. The van der Waals surface area contributed by atoms with Crippen molar-refractivity contribution in [3.8, 4) is 0 Å². The largest absolute Gasteiger partial charge is 0.453 e. The highest BCUT2D eigenvalue weighted by molar-refractivity contribution is 7.99. The van der Waals surface area contributed by atoms with E-state index >= 15 is 0 Å². The van der Waals surface area contributed by atoms with E-state index in [-0.39, 0.29) is 5.11 Å². The van der Waals surface area contributed by atoms with Crippen LogP contribution in [0.1, 0.15) is 11.1 Å². The Morgan fingerprint density at radius 1 is 1.03 bits per heavy atom. The summed E-state index contributed by atoms with van der Waals surface area (Å²) in [5.74, 6) is 0. The lowest BCUT2D eigenvalue weighted by Crippen LogP contribution is -2.34. The number of thiocarbonyl (C=S) groups is 1. The first-order chi connectivity index (χ1) is 14.5. The minimum absolute atomic E-state index is 0.0777. The Bertz CT molecular complexity index is 1070. The molecule has 1 amide bonds. The van der Waals surface area contributed by atoms with Gasteiger partial charge >= 0.3 is 6.09 Å². The normalized spacial score (nSPS) is 10.2. The molecule has 0 radical (unpaired) electrons. The molecule has 0 aliphatic heterocycles. The number of nitrogens with one attached hydrogen (secondary N) is 3. The third kappa shape index (κ3) is 5.82. The average Bonchev–Trinajstić information content (AvgIpc) is 2.74. The van der Waals surface area contributed by atoms with Gasteiger partial charge in [-0.3, -0.25) is 10.7 Å². The van der Waals surface area contributed by atoms with Crippen LogP contribution < -0.4 is 10.6 Å². The minimum Gasteiger partial charge on any atom is -0.453 e. The molecule has 0 spiro atoms. The standard InChI is InChI=1S/C22H18ClN3O2S2/c1-28-22(27)26-21(29)25-19-13-17(30-16-5-3-2-4-6-16)11-12-18(19)20(24)14-7-9-15(23)10-8-14/h2-13,24H,1H3,(H2,25,26,27,29). The van der Waals surface area contributed by atoms with Gasteiger partial charge in [-0.25, -0.2) is 4.79 Å². The summed E-state index contributed by atoms with van der Waals surface area (Å²) in [6.45, 7) is 0. The molecule has 0 fully saturated rings. The average molecular weight is 456 g/mol. The molecule has 5 nitrogen and oxygen atoms in total. The Kier molecular flexibility index (Phi) is 7.46. The second-order valence-electron chi connectivity index (χ2n) is 6.08. The van der Waals surface area contributed by atoms with Crippen molar-refractivity contribution in [3.63, 3.8) is 0 Å². The number of anilines is 1. The zero-order chi connectivity index (χ0) is 21.5. The zero-order valence-electron chi connectivity index (χ0n) is 15.9. The highest BCUT2D eigenvalue weighted by atomic mass is 35.5. The van der Waals surface area contributed by atoms with E-state index in [0.29, 0.717) is 27.5 Å². The highest BCUT2D eigenvalue weighted by Crippen LogP contribution is 2.32. The van der Waals surface area contributed by atoms with Gasteiger partial charge in [-0.05, 0) is 54.7 Å². The Balaban J connectivity index is 1.93. The lowest BCUT2D eigenvalue weighted by Gasteiger charge is -2.16. The van der Waals surface area contributed by atoms with Crippen LogP contribution >= 0.6 is 35.6 Å². The first-order valence-electron chi connectivity index (χ1n) is 8.84. The van der Waals surface area contributed by atoms with Crippen LogP contribution in [0.5, 0.6) is 0 Å². The molecular formula is C22H18ClN3O2S2. The van der Waals surface area contributed by atoms with Crippen molar-refractivity contribution >= 4 is 58.2 Å². The summed E-state index contributed by atoms with van der Waals surface area (Å²) < 4.78 is 4.58. The van der Waals surface area contributed by atoms with Crippen molar-refractivity contribution < 1.29 is 9.53 Å².